The Morgan fingerprint density at radius 3 is 2.65 bits per heavy atom. The lowest BCUT2D eigenvalue weighted by molar-refractivity contribution is 0.436. The van der Waals surface area contributed by atoms with Crippen molar-refractivity contribution in [3.05, 3.63) is 51.3 Å². The largest absolute Gasteiger partial charge is 0.380 e. The van der Waals surface area contributed by atoms with E-state index in [4.69, 9.17) is 21.9 Å². The molecule has 0 spiro atoms. The maximum absolute atomic E-state index is 6.07. The Kier molecular flexibility index (Phi) is 3.62. The zero-order chi connectivity index (χ0) is 14.1. The monoisotopic (exact) mass is 397 g/mol. The number of nitrogen functional groups attached to an aromatic ring is 1. The highest BCUT2D eigenvalue weighted by molar-refractivity contribution is 14.1. The lowest BCUT2D eigenvalue weighted by Crippen LogP contribution is -1.90. The molecule has 0 amide bonds. The lowest BCUT2D eigenvalue weighted by atomic mass is 10.0. The number of rotatable bonds is 2. The van der Waals surface area contributed by atoms with E-state index in [0.717, 1.165) is 20.3 Å². The third-order valence-corrected chi connectivity index (χ3v) is 4.04. The molecule has 2 heterocycles. The summed E-state index contributed by atoms with van der Waals surface area (Å²) in [4.78, 5) is 4.00. The van der Waals surface area contributed by atoms with Crippen LogP contribution in [0.5, 0.6) is 0 Å². The Bertz CT molecular complexity index is 758. The van der Waals surface area contributed by atoms with E-state index in [0.29, 0.717) is 16.6 Å². The van der Waals surface area contributed by atoms with Crippen LogP contribution in [-0.2, 0) is 0 Å². The van der Waals surface area contributed by atoms with E-state index in [-0.39, 0.29) is 0 Å². The molecule has 0 aliphatic heterocycles. The topological polar surface area (TPSA) is 64.9 Å². The maximum Gasteiger partial charge on any atom is 0.178 e. The summed E-state index contributed by atoms with van der Waals surface area (Å²) >= 11 is 8.29. The van der Waals surface area contributed by atoms with Crippen molar-refractivity contribution in [1.29, 1.82) is 0 Å². The quantitative estimate of drug-likeness (QED) is 0.657. The first-order valence-electron chi connectivity index (χ1n) is 5.78. The number of anilines is 1. The predicted molar refractivity (Wildman–Crippen MR) is 87.3 cm³/mol. The molecule has 0 radical (unpaired) electrons. The van der Waals surface area contributed by atoms with E-state index in [1.165, 1.54) is 0 Å². The molecule has 2 aromatic heterocycles. The SMILES string of the molecule is Nc1noc(-c2cc(Cl)ccc2I)c1-c1ccncc1. The predicted octanol–water partition coefficient (Wildman–Crippen LogP) is 4.24. The summed E-state index contributed by atoms with van der Waals surface area (Å²) in [6, 6.07) is 9.33. The van der Waals surface area contributed by atoms with Crippen LogP contribution in [0.3, 0.4) is 0 Å². The van der Waals surface area contributed by atoms with Gasteiger partial charge in [-0.15, -0.1) is 0 Å². The summed E-state index contributed by atoms with van der Waals surface area (Å²) in [6.45, 7) is 0. The molecule has 20 heavy (non-hydrogen) atoms. The summed E-state index contributed by atoms with van der Waals surface area (Å²) in [5, 5.41) is 4.51. The van der Waals surface area contributed by atoms with E-state index >= 15 is 0 Å². The number of aromatic nitrogens is 2. The standard InChI is InChI=1S/C14H9ClIN3O/c15-9-1-2-11(16)10(7-9)13-12(14(17)19-20-13)8-3-5-18-6-4-8/h1-7H,(H2,17,19). The molecule has 0 aliphatic carbocycles. The van der Waals surface area contributed by atoms with Gasteiger partial charge < -0.3 is 10.3 Å². The third kappa shape index (κ3) is 2.38. The Balaban J connectivity index is 2.24. The van der Waals surface area contributed by atoms with E-state index in [2.05, 4.69) is 32.7 Å². The van der Waals surface area contributed by atoms with Crippen molar-refractivity contribution in [2.45, 2.75) is 0 Å². The van der Waals surface area contributed by atoms with Gasteiger partial charge in [0.1, 0.15) is 0 Å². The van der Waals surface area contributed by atoms with Crippen LogP contribution in [0, 0.1) is 3.57 Å². The van der Waals surface area contributed by atoms with Gasteiger partial charge >= 0.3 is 0 Å². The van der Waals surface area contributed by atoms with Gasteiger partial charge in [0.25, 0.3) is 0 Å². The zero-order valence-electron chi connectivity index (χ0n) is 10.2. The first-order valence-corrected chi connectivity index (χ1v) is 7.23. The van der Waals surface area contributed by atoms with Crippen LogP contribution in [0.15, 0.2) is 47.2 Å². The van der Waals surface area contributed by atoms with Crippen LogP contribution < -0.4 is 5.73 Å². The normalized spacial score (nSPS) is 10.7. The molecule has 0 bridgehead atoms. The van der Waals surface area contributed by atoms with Gasteiger partial charge in [0.05, 0.1) is 5.56 Å². The van der Waals surface area contributed by atoms with Gasteiger partial charge in [-0.3, -0.25) is 4.98 Å². The number of benzene rings is 1. The number of nitrogens with zero attached hydrogens (tertiary/aromatic N) is 2. The van der Waals surface area contributed by atoms with Crippen LogP contribution in [0.4, 0.5) is 5.82 Å². The summed E-state index contributed by atoms with van der Waals surface area (Å²) < 4.78 is 6.43. The number of hydrogen-bond acceptors (Lipinski definition) is 4. The average molecular weight is 398 g/mol. The van der Waals surface area contributed by atoms with E-state index in [1.54, 1.807) is 12.4 Å². The van der Waals surface area contributed by atoms with Crippen LogP contribution in [0.1, 0.15) is 0 Å². The molecule has 3 aromatic rings. The smallest absolute Gasteiger partial charge is 0.178 e. The molecule has 0 saturated heterocycles. The highest BCUT2D eigenvalue weighted by Crippen LogP contribution is 2.38. The Morgan fingerprint density at radius 2 is 1.90 bits per heavy atom. The van der Waals surface area contributed by atoms with Crippen molar-refractivity contribution in [3.8, 4) is 22.5 Å². The molecule has 100 valence electrons. The van der Waals surface area contributed by atoms with E-state index in [9.17, 15) is 0 Å². The van der Waals surface area contributed by atoms with Crippen molar-refractivity contribution >= 4 is 40.0 Å². The molecule has 0 saturated carbocycles. The second kappa shape index (κ2) is 5.41. The highest BCUT2D eigenvalue weighted by Gasteiger charge is 2.19. The number of hydrogen-bond donors (Lipinski definition) is 1. The first kappa shape index (κ1) is 13.4. The molecule has 6 heteroatoms. The number of pyridine rings is 1. The van der Waals surface area contributed by atoms with Crippen LogP contribution in [0.25, 0.3) is 22.5 Å². The van der Waals surface area contributed by atoms with Gasteiger partial charge in [-0.25, -0.2) is 0 Å². The molecule has 1 aromatic carbocycles. The molecule has 0 unspecified atom stereocenters. The van der Waals surface area contributed by atoms with Gasteiger partial charge in [-0.2, -0.15) is 0 Å². The molecule has 3 rings (SSSR count). The van der Waals surface area contributed by atoms with Crippen molar-refractivity contribution in [2.75, 3.05) is 5.73 Å². The molecular weight excluding hydrogens is 389 g/mol. The summed E-state index contributed by atoms with van der Waals surface area (Å²) in [5.74, 6) is 0.961. The van der Waals surface area contributed by atoms with Crippen LogP contribution >= 0.6 is 34.2 Å². The van der Waals surface area contributed by atoms with Crippen molar-refractivity contribution in [3.63, 3.8) is 0 Å². The fraction of sp³-hybridized carbons (Fsp3) is 0. The van der Waals surface area contributed by atoms with Crippen molar-refractivity contribution in [1.82, 2.24) is 10.1 Å². The minimum absolute atomic E-state index is 0.349. The summed E-state index contributed by atoms with van der Waals surface area (Å²) in [5.41, 5.74) is 8.47. The second-order valence-corrected chi connectivity index (χ2v) is 5.73. The van der Waals surface area contributed by atoms with Gasteiger partial charge in [-0.05, 0) is 58.5 Å². The molecule has 0 aliphatic rings. The molecule has 0 fully saturated rings. The Morgan fingerprint density at radius 1 is 1.15 bits per heavy atom. The zero-order valence-corrected chi connectivity index (χ0v) is 13.1. The van der Waals surface area contributed by atoms with E-state index in [1.807, 2.05) is 30.3 Å². The van der Waals surface area contributed by atoms with E-state index < -0.39 is 0 Å². The molecular formula is C14H9ClIN3O. The number of nitrogens with two attached hydrogens (primary N) is 1. The van der Waals surface area contributed by atoms with Gasteiger partial charge in [0.2, 0.25) is 0 Å². The summed E-state index contributed by atoms with van der Waals surface area (Å²) in [6.07, 6.45) is 3.41. The lowest BCUT2D eigenvalue weighted by Gasteiger charge is -2.05. The Hall–Kier alpha value is -1.60. The van der Waals surface area contributed by atoms with Gasteiger partial charge in [0.15, 0.2) is 11.6 Å². The third-order valence-electron chi connectivity index (χ3n) is 2.86. The average Bonchev–Trinajstić information content (AvgIpc) is 2.84. The van der Waals surface area contributed by atoms with Crippen molar-refractivity contribution < 1.29 is 4.52 Å². The minimum Gasteiger partial charge on any atom is -0.380 e. The highest BCUT2D eigenvalue weighted by atomic mass is 127. The van der Waals surface area contributed by atoms with Gasteiger partial charge in [0, 0.05) is 26.5 Å². The fourth-order valence-corrected chi connectivity index (χ4v) is 2.71. The fourth-order valence-electron chi connectivity index (χ4n) is 1.96. The van der Waals surface area contributed by atoms with Gasteiger partial charge in [-0.1, -0.05) is 16.8 Å². The molecule has 0 atom stereocenters. The maximum atomic E-state index is 6.07. The Labute approximate surface area is 134 Å². The van der Waals surface area contributed by atoms with Crippen LogP contribution in [-0.4, -0.2) is 10.1 Å². The first-order chi connectivity index (χ1) is 9.66. The summed E-state index contributed by atoms with van der Waals surface area (Å²) in [7, 11) is 0. The number of halogens is 2. The minimum atomic E-state index is 0.349. The van der Waals surface area contributed by atoms with Crippen molar-refractivity contribution in [2.24, 2.45) is 0 Å². The molecule has 2 N–H and O–H groups in total. The second-order valence-electron chi connectivity index (χ2n) is 4.13. The molecule has 4 nitrogen and oxygen atoms in total. The van der Waals surface area contributed by atoms with Crippen LogP contribution in [0.2, 0.25) is 5.02 Å².